The average molecular weight is 565 g/mol. The maximum Gasteiger partial charge on any atom is 0.193 e. The number of guanidine groups is 1. The molecule has 0 radical (unpaired) electrons. The van der Waals surface area contributed by atoms with Crippen LogP contribution in [-0.4, -0.2) is 56.5 Å². The van der Waals surface area contributed by atoms with Gasteiger partial charge in [0.1, 0.15) is 0 Å². The summed E-state index contributed by atoms with van der Waals surface area (Å²) in [5.74, 6) is 0.886. The van der Waals surface area contributed by atoms with Crippen LogP contribution in [0.5, 0.6) is 0 Å². The topological polar surface area (TPSA) is 61.8 Å². The van der Waals surface area contributed by atoms with E-state index in [2.05, 4.69) is 26.2 Å². The van der Waals surface area contributed by atoms with Gasteiger partial charge in [-0.1, -0.05) is 27.5 Å². The van der Waals surface area contributed by atoms with Gasteiger partial charge in [0, 0.05) is 36.2 Å². The number of hydrogen-bond acceptors (Lipinski definition) is 3. The number of benzene rings is 1. The van der Waals surface area contributed by atoms with Crippen molar-refractivity contribution in [2.45, 2.75) is 25.0 Å². The summed E-state index contributed by atoms with van der Waals surface area (Å²) >= 11 is 9.56. The molecule has 1 saturated heterocycles. The van der Waals surface area contributed by atoms with E-state index in [1.165, 1.54) is 0 Å². The van der Waals surface area contributed by atoms with Crippen molar-refractivity contribution in [1.29, 1.82) is 0 Å². The van der Waals surface area contributed by atoms with Crippen LogP contribution in [0.3, 0.4) is 0 Å². The van der Waals surface area contributed by atoms with Crippen molar-refractivity contribution in [2.24, 2.45) is 4.99 Å². The van der Waals surface area contributed by atoms with Crippen LogP contribution < -0.4 is 5.32 Å². The summed E-state index contributed by atoms with van der Waals surface area (Å²) in [4.78, 5) is 6.30. The summed E-state index contributed by atoms with van der Waals surface area (Å²) in [6, 6.07) is 5.72. The minimum absolute atomic E-state index is 0. The fourth-order valence-corrected chi connectivity index (χ4v) is 4.71. The molecule has 1 aliphatic rings. The van der Waals surface area contributed by atoms with Gasteiger partial charge in [-0.3, -0.25) is 4.99 Å². The van der Waals surface area contributed by atoms with Crippen LogP contribution >= 0.6 is 51.5 Å². The Balaban J connectivity index is 0.00000312. The predicted octanol–water partition coefficient (Wildman–Crippen LogP) is 3.35. The molecular weight excluding hydrogens is 541 g/mol. The van der Waals surface area contributed by atoms with Crippen LogP contribution in [0.25, 0.3) is 0 Å². The zero-order chi connectivity index (χ0) is 18.0. The van der Waals surface area contributed by atoms with Gasteiger partial charge >= 0.3 is 0 Å². The van der Waals surface area contributed by atoms with Crippen LogP contribution in [0.4, 0.5) is 0 Å². The lowest BCUT2D eigenvalue weighted by molar-refractivity contribution is 0.353. The first-order chi connectivity index (χ1) is 11.2. The number of hydrogen-bond donors (Lipinski definition) is 1. The molecule has 0 saturated carbocycles. The Kier molecular flexibility index (Phi) is 8.49. The Bertz CT molecular complexity index is 741. The van der Waals surface area contributed by atoms with E-state index in [0.29, 0.717) is 24.7 Å². The predicted molar refractivity (Wildman–Crippen MR) is 119 cm³/mol. The lowest BCUT2D eigenvalue weighted by atomic mass is 10.1. The minimum atomic E-state index is -3.05. The lowest BCUT2D eigenvalue weighted by Gasteiger charge is -2.39. The average Bonchev–Trinajstić information content (AvgIpc) is 2.50. The van der Waals surface area contributed by atoms with E-state index in [4.69, 9.17) is 11.6 Å². The van der Waals surface area contributed by atoms with Crippen LogP contribution in [0, 0.1) is 0 Å². The molecular formula is C16H24BrClIN3O2S. The van der Waals surface area contributed by atoms with Crippen LogP contribution in [0.1, 0.15) is 19.4 Å². The van der Waals surface area contributed by atoms with Crippen molar-refractivity contribution < 1.29 is 8.42 Å². The van der Waals surface area contributed by atoms with Crippen molar-refractivity contribution in [2.75, 3.05) is 32.4 Å². The molecule has 5 nitrogen and oxygen atoms in total. The van der Waals surface area contributed by atoms with Crippen molar-refractivity contribution in [3.8, 4) is 0 Å². The Morgan fingerprint density at radius 2 is 2.12 bits per heavy atom. The molecule has 1 N–H and O–H groups in total. The van der Waals surface area contributed by atoms with Crippen molar-refractivity contribution in [3.05, 3.63) is 33.3 Å². The van der Waals surface area contributed by atoms with E-state index in [1.807, 2.05) is 23.1 Å². The number of nitrogens with one attached hydrogen (secondary N) is 1. The summed E-state index contributed by atoms with van der Waals surface area (Å²) in [5, 5.41) is 4.03. The highest BCUT2D eigenvalue weighted by atomic mass is 127. The first kappa shape index (κ1) is 23.0. The van der Waals surface area contributed by atoms with E-state index in [0.717, 1.165) is 22.4 Å². The van der Waals surface area contributed by atoms with Gasteiger partial charge in [-0.05, 0) is 44.0 Å². The van der Waals surface area contributed by atoms with Crippen molar-refractivity contribution in [1.82, 2.24) is 10.2 Å². The van der Waals surface area contributed by atoms with Crippen LogP contribution in [-0.2, 0) is 16.3 Å². The Hall–Kier alpha value is -0.0600. The molecule has 142 valence electrons. The largest absolute Gasteiger partial charge is 0.356 e. The van der Waals surface area contributed by atoms with Crippen LogP contribution in [0.2, 0.25) is 5.02 Å². The van der Waals surface area contributed by atoms with Gasteiger partial charge in [0.25, 0.3) is 0 Å². The molecule has 1 aromatic rings. The van der Waals surface area contributed by atoms with Crippen molar-refractivity contribution >= 4 is 67.3 Å². The number of halogens is 3. The second kappa shape index (κ2) is 9.23. The van der Waals surface area contributed by atoms with E-state index >= 15 is 0 Å². The maximum absolute atomic E-state index is 12.1. The number of sulfone groups is 1. The number of aliphatic imine (C=N–C) groups is 1. The Morgan fingerprint density at radius 1 is 1.44 bits per heavy atom. The summed E-state index contributed by atoms with van der Waals surface area (Å²) < 4.78 is 24.5. The molecule has 1 heterocycles. The molecule has 1 aromatic carbocycles. The normalized spacial score (nSPS) is 19.2. The second-order valence-corrected chi connectivity index (χ2v) is 10.5. The highest BCUT2D eigenvalue weighted by Gasteiger charge is 2.40. The molecule has 0 aliphatic carbocycles. The molecule has 0 bridgehead atoms. The highest BCUT2D eigenvalue weighted by molar-refractivity contribution is 14.0. The molecule has 2 rings (SSSR count). The fourth-order valence-electron chi connectivity index (χ4n) is 2.70. The van der Waals surface area contributed by atoms with Gasteiger partial charge in [0.2, 0.25) is 0 Å². The molecule has 1 fully saturated rings. The quantitative estimate of drug-likeness (QED) is 0.348. The van der Waals surface area contributed by atoms with E-state index < -0.39 is 14.6 Å². The molecule has 0 amide bonds. The lowest BCUT2D eigenvalue weighted by Crippen LogP contribution is -2.57. The molecule has 1 aliphatic heterocycles. The monoisotopic (exact) mass is 563 g/mol. The first-order valence-corrected chi connectivity index (χ1v) is 10.6. The molecule has 0 aromatic heterocycles. The van der Waals surface area contributed by atoms with Gasteiger partial charge in [0.15, 0.2) is 15.8 Å². The molecule has 0 spiro atoms. The van der Waals surface area contributed by atoms with Gasteiger partial charge in [-0.15, -0.1) is 24.0 Å². The number of rotatable bonds is 3. The molecule has 9 heteroatoms. The first-order valence-electron chi connectivity index (χ1n) is 7.78. The molecule has 25 heavy (non-hydrogen) atoms. The molecule has 0 unspecified atom stereocenters. The third kappa shape index (κ3) is 5.71. The smallest absolute Gasteiger partial charge is 0.193 e. The standard InChI is InChI=1S/C16H23BrClN3O2S.HI/c1-16(2)11-21(8-9-24(16,22)23)15(19-3)20-7-6-12-10-13(18)4-5-14(12)17;/h4-5,10H,6-9,11H2,1-3H3,(H,19,20);1H. The van der Waals surface area contributed by atoms with Gasteiger partial charge in [-0.25, -0.2) is 8.42 Å². The summed E-state index contributed by atoms with van der Waals surface area (Å²) in [6.45, 7) is 5.13. The van der Waals surface area contributed by atoms with Gasteiger partial charge < -0.3 is 10.2 Å². The molecule has 0 atom stereocenters. The van der Waals surface area contributed by atoms with Crippen LogP contribution in [0.15, 0.2) is 27.7 Å². The van der Waals surface area contributed by atoms with E-state index in [-0.39, 0.29) is 29.7 Å². The maximum atomic E-state index is 12.1. The summed E-state index contributed by atoms with van der Waals surface area (Å²) in [6.07, 6.45) is 0.787. The van der Waals surface area contributed by atoms with Gasteiger partial charge in [0.05, 0.1) is 10.5 Å². The number of nitrogens with zero attached hydrogens (tertiary/aromatic N) is 2. The zero-order valence-corrected chi connectivity index (χ0v) is 20.0. The van der Waals surface area contributed by atoms with E-state index in [1.54, 1.807) is 20.9 Å². The fraction of sp³-hybridized carbons (Fsp3) is 0.562. The third-order valence-electron chi connectivity index (χ3n) is 4.24. The van der Waals surface area contributed by atoms with E-state index in [9.17, 15) is 8.42 Å². The Labute approximate surface area is 180 Å². The third-order valence-corrected chi connectivity index (χ3v) is 7.78. The van der Waals surface area contributed by atoms with Crippen molar-refractivity contribution in [3.63, 3.8) is 0 Å². The summed E-state index contributed by atoms with van der Waals surface area (Å²) in [7, 11) is -1.34. The zero-order valence-electron chi connectivity index (χ0n) is 14.6. The minimum Gasteiger partial charge on any atom is -0.356 e. The second-order valence-electron chi connectivity index (χ2n) is 6.46. The Morgan fingerprint density at radius 3 is 2.72 bits per heavy atom. The summed E-state index contributed by atoms with van der Waals surface area (Å²) in [5.41, 5.74) is 1.12. The van der Waals surface area contributed by atoms with Gasteiger partial charge in [-0.2, -0.15) is 0 Å². The highest BCUT2D eigenvalue weighted by Crippen LogP contribution is 2.24. The SMILES string of the molecule is CN=C(NCCc1cc(Cl)ccc1Br)N1CCS(=O)(=O)C(C)(C)C1.I.